The van der Waals surface area contributed by atoms with Crippen LogP contribution in [0.1, 0.15) is 43.1 Å². The molecule has 2 aliphatic rings. The first kappa shape index (κ1) is 16.9. The van der Waals surface area contributed by atoms with Crippen molar-refractivity contribution in [1.29, 1.82) is 0 Å². The van der Waals surface area contributed by atoms with E-state index in [9.17, 15) is 4.79 Å². The number of hydrogen-bond donors (Lipinski definition) is 0. The molecule has 2 amide bonds. The number of hydrogen-bond acceptors (Lipinski definition) is 4. The highest BCUT2D eigenvalue weighted by molar-refractivity contribution is 5.75. The minimum Gasteiger partial charge on any atom is -0.325 e. The van der Waals surface area contributed by atoms with E-state index in [4.69, 9.17) is 4.98 Å². The lowest BCUT2D eigenvalue weighted by Crippen LogP contribution is -2.46. The van der Waals surface area contributed by atoms with Gasteiger partial charge in [0, 0.05) is 56.3 Å². The van der Waals surface area contributed by atoms with E-state index in [1.54, 1.807) is 12.4 Å². The van der Waals surface area contributed by atoms with Gasteiger partial charge in [0.25, 0.3) is 0 Å². The molecule has 0 unspecified atom stereocenters. The Morgan fingerprint density at radius 2 is 1.81 bits per heavy atom. The topological polar surface area (TPSA) is 62.2 Å². The molecule has 2 fully saturated rings. The lowest BCUT2D eigenvalue weighted by Gasteiger charge is -2.35. The van der Waals surface area contributed by atoms with Gasteiger partial charge in [-0.3, -0.25) is 4.98 Å². The number of carbonyl (C=O) groups excluding carboxylic acids is 1. The molecule has 2 aromatic heterocycles. The molecule has 0 N–H and O–H groups in total. The summed E-state index contributed by atoms with van der Waals surface area (Å²) >= 11 is 0. The molecule has 0 aliphatic carbocycles. The number of aromatic nitrogens is 3. The number of rotatable bonds is 2. The van der Waals surface area contributed by atoms with Gasteiger partial charge in [-0.15, -0.1) is 0 Å². The van der Waals surface area contributed by atoms with Crippen LogP contribution in [0.5, 0.6) is 0 Å². The number of likely N-dealkylation sites (tertiary alicyclic amines) is 2. The van der Waals surface area contributed by atoms with Crippen LogP contribution in [0.3, 0.4) is 0 Å². The number of piperidine rings is 1. The Kier molecular flexibility index (Phi) is 4.82. The summed E-state index contributed by atoms with van der Waals surface area (Å²) in [6.07, 6.45) is 9.82. The van der Waals surface area contributed by atoms with Crippen molar-refractivity contribution in [3.05, 3.63) is 42.2 Å². The van der Waals surface area contributed by atoms with Crippen molar-refractivity contribution < 1.29 is 4.79 Å². The van der Waals surface area contributed by atoms with Gasteiger partial charge < -0.3 is 9.80 Å². The van der Waals surface area contributed by atoms with Crippen LogP contribution in [-0.2, 0) is 0 Å². The van der Waals surface area contributed by atoms with Crippen molar-refractivity contribution in [2.24, 2.45) is 0 Å². The zero-order valence-electron chi connectivity index (χ0n) is 15.3. The first-order valence-electron chi connectivity index (χ1n) is 9.50. The van der Waals surface area contributed by atoms with Gasteiger partial charge in [0.2, 0.25) is 0 Å². The van der Waals surface area contributed by atoms with E-state index in [0.717, 1.165) is 74.5 Å². The first-order chi connectivity index (χ1) is 12.7. The fraction of sp³-hybridized carbons (Fsp3) is 0.500. The maximum Gasteiger partial charge on any atom is 0.320 e. The number of nitrogens with zero attached hydrogens (tertiary/aromatic N) is 5. The molecule has 2 aliphatic heterocycles. The number of amides is 2. The average Bonchev–Trinajstić information content (AvgIpc) is 3.23. The van der Waals surface area contributed by atoms with Crippen molar-refractivity contribution >= 4 is 6.03 Å². The zero-order valence-corrected chi connectivity index (χ0v) is 15.3. The monoisotopic (exact) mass is 351 g/mol. The quantitative estimate of drug-likeness (QED) is 0.833. The number of pyridine rings is 1. The smallest absolute Gasteiger partial charge is 0.320 e. The maximum atomic E-state index is 12.8. The third-order valence-electron chi connectivity index (χ3n) is 5.39. The molecular formula is C20H25N5O. The second-order valence-electron chi connectivity index (χ2n) is 7.21. The summed E-state index contributed by atoms with van der Waals surface area (Å²) in [5, 5.41) is 0. The third-order valence-corrected chi connectivity index (χ3v) is 5.39. The molecule has 0 saturated carbocycles. The summed E-state index contributed by atoms with van der Waals surface area (Å²) < 4.78 is 0. The van der Waals surface area contributed by atoms with E-state index in [1.807, 2.05) is 35.1 Å². The fourth-order valence-corrected chi connectivity index (χ4v) is 4.04. The van der Waals surface area contributed by atoms with Crippen LogP contribution >= 0.6 is 0 Å². The molecule has 136 valence electrons. The van der Waals surface area contributed by atoms with Crippen LogP contribution in [0.4, 0.5) is 4.79 Å². The molecule has 0 aromatic carbocycles. The molecule has 26 heavy (non-hydrogen) atoms. The Bertz CT molecular complexity index is 773. The van der Waals surface area contributed by atoms with Gasteiger partial charge in [0.15, 0.2) is 0 Å². The Balaban J connectivity index is 1.60. The van der Waals surface area contributed by atoms with Gasteiger partial charge in [-0.2, -0.15) is 0 Å². The molecule has 6 heteroatoms. The predicted octanol–water partition coefficient (Wildman–Crippen LogP) is 3.24. The van der Waals surface area contributed by atoms with E-state index >= 15 is 0 Å². The average molecular weight is 351 g/mol. The summed E-state index contributed by atoms with van der Waals surface area (Å²) in [6.45, 7) is 5.31. The highest BCUT2D eigenvalue weighted by Crippen LogP contribution is 2.33. The largest absolute Gasteiger partial charge is 0.325 e. The van der Waals surface area contributed by atoms with Crippen molar-refractivity contribution in [2.75, 3.05) is 26.2 Å². The second-order valence-corrected chi connectivity index (χ2v) is 7.21. The summed E-state index contributed by atoms with van der Waals surface area (Å²) in [7, 11) is 0. The highest BCUT2D eigenvalue weighted by Gasteiger charge is 2.31. The van der Waals surface area contributed by atoms with Crippen LogP contribution < -0.4 is 0 Å². The first-order valence-corrected chi connectivity index (χ1v) is 9.50. The SMILES string of the molecule is Cc1ncc(-c2ccncc2)c([C@@H]2CCCN(C(=O)N3CCCC3)C2)n1. The Labute approximate surface area is 154 Å². The van der Waals surface area contributed by atoms with Crippen molar-refractivity contribution in [2.45, 2.75) is 38.5 Å². The molecule has 6 nitrogen and oxygen atoms in total. The van der Waals surface area contributed by atoms with E-state index in [2.05, 4.69) is 9.97 Å². The number of carbonyl (C=O) groups is 1. The van der Waals surface area contributed by atoms with E-state index in [-0.39, 0.29) is 11.9 Å². The van der Waals surface area contributed by atoms with Crippen molar-refractivity contribution in [1.82, 2.24) is 24.8 Å². The van der Waals surface area contributed by atoms with Gasteiger partial charge in [0.05, 0.1) is 5.69 Å². The van der Waals surface area contributed by atoms with Crippen LogP contribution in [-0.4, -0.2) is 57.0 Å². The molecule has 2 aromatic rings. The van der Waals surface area contributed by atoms with E-state index in [1.165, 1.54) is 0 Å². The van der Waals surface area contributed by atoms with Crippen LogP contribution in [0.2, 0.25) is 0 Å². The van der Waals surface area contributed by atoms with Crippen LogP contribution in [0, 0.1) is 6.92 Å². The molecule has 2 saturated heterocycles. The molecular weight excluding hydrogens is 326 g/mol. The van der Waals surface area contributed by atoms with Gasteiger partial charge in [-0.1, -0.05) is 0 Å². The fourth-order valence-electron chi connectivity index (χ4n) is 4.04. The number of urea groups is 1. The normalized spacial score (nSPS) is 20.4. The molecule has 1 atom stereocenters. The van der Waals surface area contributed by atoms with Crippen molar-refractivity contribution in [3.63, 3.8) is 0 Å². The van der Waals surface area contributed by atoms with Gasteiger partial charge >= 0.3 is 6.03 Å². The zero-order chi connectivity index (χ0) is 17.9. The minimum atomic E-state index is 0.198. The molecule has 0 bridgehead atoms. The lowest BCUT2D eigenvalue weighted by molar-refractivity contribution is 0.146. The van der Waals surface area contributed by atoms with Crippen LogP contribution in [0.25, 0.3) is 11.1 Å². The van der Waals surface area contributed by atoms with Crippen molar-refractivity contribution in [3.8, 4) is 11.1 Å². The Morgan fingerprint density at radius 3 is 2.58 bits per heavy atom. The van der Waals surface area contributed by atoms with Gasteiger partial charge in [-0.25, -0.2) is 14.8 Å². The van der Waals surface area contributed by atoms with Crippen LogP contribution in [0.15, 0.2) is 30.7 Å². The maximum absolute atomic E-state index is 12.8. The lowest BCUT2D eigenvalue weighted by atomic mass is 9.90. The highest BCUT2D eigenvalue weighted by atomic mass is 16.2. The standard InChI is InChI=1S/C20H25N5O/c1-15-22-13-18(16-6-8-21-9-7-16)19(23-15)17-5-4-12-25(14-17)20(26)24-10-2-3-11-24/h6-9,13,17H,2-5,10-12,14H2,1H3/t17-/m1/s1. The molecule has 0 spiro atoms. The summed E-state index contributed by atoms with van der Waals surface area (Å²) in [5.74, 6) is 1.03. The minimum absolute atomic E-state index is 0.198. The molecule has 0 radical (unpaired) electrons. The summed E-state index contributed by atoms with van der Waals surface area (Å²) in [4.78, 5) is 30.1. The predicted molar refractivity (Wildman–Crippen MR) is 99.8 cm³/mol. The number of aryl methyl sites for hydroxylation is 1. The molecule has 4 rings (SSSR count). The Hall–Kier alpha value is -2.50. The van der Waals surface area contributed by atoms with E-state index in [0.29, 0.717) is 0 Å². The summed E-state index contributed by atoms with van der Waals surface area (Å²) in [6, 6.07) is 4.18. The summed E-state index contributed by atoms with van der Waals surface area (Å²) in [5.41, 5.74) is 3.19. The molecule has 4 heterocycles. The third kappa shape index (κ3) is 3.41. The Morgan fingerprint density at radius 1 is 1.08 bits per heavy atom. The van der Waals surface area contributed by atoms with E-state index < -0.39 is 0 Å². The van der Waals surface area contributed by atoms with Gasteiger partial charge in [-0.05, 0) is 50.3 Å². The van der Waals surface area contributed by atoms with Gasteiger partial charge in [0.1, 0.15) is 5.82 Å². The second kappa shape index (κ2) is 7.40.